The number of benzene rings is 1. The highest BCUT2D eigenvalue weighted by atomic mass is 16.5. The van der Waals surface area contributed by atoms with Gasteiger partial charge in [-0.1, -0.05) is 36.4 Å². The number of carbonyl (C=O) groups is 2. The Morgan fingerprint density at radius 2 is 2.06 bits per heavy atom. The zero-order valence-corrected chi connectivity index (χ0v) is 9.13. The molecule has 0 saturated heterocycles. The quantitative estimate of drug-likeness (QED) is 0.562. The van der Waals surface area contributed by atoms with Crippen molar-refractivity contribution < 1.29 is 14.3 Å². The van der Waals surface area contributed by atoms with Gasteiger partial charge in [0.25, 0.3) is 0 Å². The minimum absolute atomic E-state index is 0.183. The van der Waals surface area contributed by atoms with Crippen molar-refractivity contribution in [2.45, 2.75) is 19.4 Å². The maximum atomic E-state index is 10.8. The molecule has 0 aliphatic heterocycles. The topological polar surface area (TPSA) is 43.4 Å². The first kappa shape index (κ1) is 12.2. The van der Waals surface area contributed by atoms with Gasteiger partial charge in [-0.15, -0.1) is 0 Å². The molecule has 0 unspecified atom stereocenters. The summed E-state index contributed by atoms with van der Waals surface area (Å²) in [6.07, 6.45) is 3.99. The minimum Gasteiger partial charge on any atom is -0.458 e. The molecule has 3 nitrogen and oxygen atoms in total. The third kappa shape index (κ3) is 4.55. The second-order valence-electron chi connectivity index (χ2n) is 3.32. The molecular formula is C13H14O3. The smallest absolute Gasteiger partial charge is 0.303 e. The third-order valence-electron chi connectivity index (χ3n) is 1.95. The molecule has 0 saturated carbocycles. The second kappa shape index (κ2) is 6.56. The van der Waals surface area contributed by atoms with Gasteiger partial charge in [0.15, 0.2) is 0 Å². The van der Waals surface area contributed by atoms with E-state index in [0.29, 0.717) is 0 Å². The number of hydrogen-bond donors (Lipinski definition) is 0. The molecule has 0 bridgehead atoms. The van der Waals surface area contributed by atoms with E-state index in [0.717, 1.165) is 11.8 Å². The average Bonchev–Trinajstić information content (AvgIpc) is 2.27. The summed E-state index contributed by atoms with van der Waals surface area (Å²) >= 11 is 0. The van der Waals surface area contributed by atoms with E-state index in [4.69, 9.17) is 4.74 Å². The maximum absolute atomic E-state index is 10.8. The Hall–Kier alpha value is -1.90. The minimum atomic E-state index is -0.477. The van der Waals surface area contributed by atoms with Gasteiger partial charge in [-0.3, -0.25) is 4.79 Å². The first-order valence-electron chi connectivity index (χ1n) is 5.06. The van der Waals surface area contributed by atoms with Crippen molar-refractivity contribution in [3.63, 3.8) is 0 Å². The summed E-state index contributed by atoms with van der Waals surface area (Å²) < 4.78 is 4.96. The number of ether oxygens (including phenoxy) is 1. The van der Waals surface area contributed by atoms with Gasteiger partial charge in [0.2, 0.25) is 0 Å². The number of aldehydes is 1. The number of hydrogen-bond acceptors (Lipinski definition) is 3. The zero-order valence-electron chi connectivity index (χ0n) is 9.13. The molecule has 0 radical (unpaired) electrons. The normalized spacial score (nSPS) is 12.3. The number of rotatable bonds is 5. The summed E-state index contributed by atoms with van der Waals surface area (Å²) in [5, 5.41) is 0. The van der Waals surface area contributed by atoms with Gasteiger partial charge in [-0.25, -0.2) is 0 Å². The molecule has 84 valence electrons. The number of carbonyl (C=O) groups excluding carboxylic acids is 2. The molecule has 0 aromatic heterocycles. The van der Waals surface area contributed by atoms with E-state index in [2.05, 4.69) is 0 Å². The van der Waals surface area contributed by atoms with Crippen LogP contribution in [0.1, 0.15) is 18.9 Å². The fourth-order valence-corrected chi connectivity index (χ4v) is 1.26. The van der Waals surface area contributed by atoms with Crippen molar-refractivity contribution in [1.82, 2.24) is 0 Å². The monoisotopic (exact) mass is 218 g/mol. The fraction of sp³-hybridized carbons (Fsp3) is 0.231. The molecule has 1 aromatic carbocycles. The Labute approximate surface area is 94.7 Å². The van der Waals surface area contributed by atoms with E-state index in [1.54, 1.807) is 6.08 Å². The highest BCUT2D eigenvalue weighted by molar-refractivity contribution is 5.67. The van der Waals surface area contributed by atoms with Crippen LogP contribution < -0.4 is 0 Å². The van der Waals surface area contributed by atoms with E-state index >= 15 is 0 Å². The predicted octanol–water partition coefficient (Wildman–Crippen LogP) is 2.22. The molecule has 0 fully saturated rings. The van der Waals surface area contributed by atoms with Crippen molar-refractivity contribution in [3.8, 4) is 0 Å². The Balaban J connectivity index is 2.63. The summed E-state index contributed by atoms with van der Waals surface area (Å²) in [6, 6.07) is 9.62. The highest BCUT2D eigenvalue weighted by Crippen LogP contribution is 2.06. The molecule has 16 heavy (non-hydrogen) atoms. The SMILES string of the molecule is CC(=O)O[C@@H](/C=C/c1ccccc1)CC=O. The van der Waals surface area contributed by atoms with Gasteiger partial charge in [0.1, 0.15) is 12.4 Å². The largest absolute Gasteiger partial charge is 0.458 e. The van der Waals surface area contributed by atoms with Gasteiger partial charge in [-0.2, -0.15) is 0 Å². The Kier molecular flexibility index (Phi) is 4.99. The van der Waals surface area contributed by atoms with Crippen LogP contribution in [0.3, 0.4) is 0 Å². The molecule has 1 aromatic rings. The fourth-order valence-electron chi connectivity index (χ4n) is 1.26. The van der Waals surface area contributed by atoms with E-state index in [9.17, 15) is 9.59 Å². The van der Waals surface area contributed by atoms with Crippen LogP contribution >= 0.6 is 0 Å². The molecule has 0 heterocycles. The van der Waals surface area contributed by atoms with Gasteiger partial charge in [0, 0.05) is 13.3 Å². The Bertz CT molecular complexity index is 368. The van der Waals surface area contributed by atoms with Crippen LogP contribution in [0.4, 0.5) is 0 Å². The zero-order chi connectivity index (χ0) is 11.8. The lowest BCUT2D eigenvalue weighted by molar-refractivity contribution is -0.144. The average molecular weight is 218 g/mol. The van der Waals surface area contributed by atoms with Crippen LogP contribution in [0.5, 0.6) is 0 Å². The van der Waals surface area contributed by atoms with Gasteiger partial charge in [-0.05, 0) is 11.6 Å². The van der Waals surface area contributed by atoms with Crippen LogP contribution in [0.15, 0.2) is 36.4 Å². The third-order valence-corrected chi connectivity index (χ3v) is 1.95. The lowest BCUT2D eigenvalue weighted by atomic mass is 10.1. The summed E-state index contributed by atoms with van der Waals surface area (Å²) in [7, 11) is 0. The van der Waals surface area contributed by atoms with Gasteiger partial charge in [0.05, 0.1) is 0 Å². The van der Waals surface area contributed by atoms with Gasteiger partial charge < -0.3 is 9.53 Å². The van der Waals surface area contributed by atoms with Crippen LogP contribution in [-0.4, -0.2) is 18.4 Å². The van der Waals surface area contributed by atoms with Crippen LogP contribution in [0.25, 0.3) is 6.08 Å². The second-order valence-corrected chi connectivity index (χ2v) is 3.32. The van der Waals surface area contributed by atoms with E-state index in [1.807, 2.05) is 36.4 Å². The summed E-state index contributed by atoms with van der Waals surface area (Å²) in [6.45, 7) is 1.33. The summed E-state index contributed by atoms with van der Waals surface area (Å²) in [5.41, 5.74) is 1.01. The highest BCUT2D eigenvalue weighted by Gasteiger charge is 2.06. The van der Waals surface area contributed by atoms with Crippen LogP contribution in [0.2, 0.25) is 0 Å². The number of esters is 1. The summed E-state index contributed by atoms with van der Waals surface area (Å²) in [4.78, 5) is 21.2. The van der Waals surface area contributed by atoms with Crippen molar-refractivity contribution in [2.75, 3.05) is 0 Å². The molecule has 1 atom stereocenters. The van der Waals surface area contributed by atoms with Crippen molar-refractivity contribution in [2.24, 2.45) is 0 Å². The molecule has 0 amide bonds. The predicted molar refractivity (Wildman–Crippen MR) is 61.7 cm³/mol. The molecule has 0 N–H and O–H groups in total. The Morgan fingerprint density at radius 1 is 1.38 bits per heavy atom. The van der Waals surface area contributed by atoms with E-state index in [-0.39, 0.29) is 12.4 Å². The van der Waals surface area contributed by atoms with Crippen molar-refractivity contribution in [1.29, 1.82) is 0 Å². The van der Waals surface area contributed by atoms with Gasteiger partial charge >= 0.3 is 5.97 Å². The van der Waals surface area contributed by atoms with Crippen molar-refractivity contribution in [3.05, 3.63) is 42.0 Å². The van der Waals surface area contributed by atoms with Crippen LogP contribution in [0, 0.1) is 0 Å². The molecule has 0 spiro atoms. The molecule has 1 rings (SSSR count). The molecular weight excluding hydrogens is 204 g/mol. The van der Waals surface area contributed by atoms with Crippen molar-refractivity contribution >= 4 is 18.3 Å². The first-order valence-corrected chi connectivity index (χ1v) is 5.06. The lowest BCUT2D eigenvalue weighted by Crippen LogP contribution is -2.13. The molecule has 3 heteroatoms. The van der Waals surface area contributed by atoms with E-state index in [1.165, 1.54) is 6.92 Å². The lowest BCUT2D eigenvalue weighted by Gasteiger charge is -2.09. The van der Waals surface area contributed by atoms with E-state index < -0.39 is 6.10 Å². The van der Waals surface area contributed by atoms with Crippen LogP contribution in [-0.2, 0) is 14.3 Å². The standard InChI is InChI=1S/C13H14O3/c1-11(15)16-13(9-10-14)8-7-12-5-3-2-4-6-12/h2-8,10,13H,9H2,1H3/b8-7+/t13-/m0/s1. The maximum Gasteiger partial charge on any atom is 0.303 e. The first-order chi connectivity index (χ1) is 7.72. The molecule has 0 aliphatic carbocycles. The Morgan fingerprint density at radius 3 is 2.62 bits per heavy atom. The molecule has 0 aliphatic rings. The summed E-state index contributed by atoms with van der Waals surface area (Å²) in [5.74, 6) is -0.385.